The number of fused-ring (bicyclic) bond motifs is 4. The van der Waals surface area contributed by atoms with Crippen molar-refractivity contribution in [2.24, 2.45) is 7.05 Å². The van der Waals surface area contributed by atoms with Gasteiger partial charge in [-0.2, -0.15) is 10.2 Å². The highest BCUT2D eigenvalue weighted by molar-refractivity contribution is 6.02. The Hall–Kier alpha value is -3.98. The van der Waals surface area contributed by atoms with Gasteiger partial charge in [0.15, 0.2) is 0 Å². The monoisotopic (exact) mass is 466 g/mol. The molecule has 0 aliphatic carbocycles. The van der Waals surface area contributed by atoms with Gasteiger partial charge in [0, 0.05) is 79.1 Å². The van der Waals surface area contributed by atoms with Gasteiger partial charge in [0.25, 0.3) is 5.91 Å². The number of pyridine rings is 2. The van der Waals surface area contributed by atoms with Crippen LogP contribution in [0.5, 0.6) is 0 Å². The van der Waals surface area contributed by atoms with Gasteiger partial charge in [0.05, 0.1) is 23.5 Å². The molecule has 5 aromatic rings. The Morgan fingerprint density at radius 2 is 1.83 bits per heavy atom. The van der Waals surface area contributed by atoms with Crippen molar-refractivity contribution in [2.75, 3.05) is 20.1 Å². The van der Waals surface area contributed by atoms with E-state index in [1.165, 1.54) is 0 Å². The molecule has 1 N–H and O–H groups in total. The van der Waals surface area contributed by atoms with Gasteiger partial charge in [-0.25, -0.2) is 9.50 Å². The van der Waals surface area contributed by atoms with Crippen LogP contribution in [-0.2, 0) is 7.05 Å². The summed E-state index contributed by atoms with van der Waals surface area (Å²) in [5.41, 5.74) is 6.54. The summed E-state index contributed by atoms with van der Waals surface area (Å²) >= 11 is 0. The number of rotatable bonds is 3. The molecule has 0 radical (unpaired) electrons. The van der Waals surface area contributed by atoms with Crippen molar-refractivity contribution < 1.29 is 4.79 Å². The Morgan fingerprint density at radius 1 is 1.00 bits per heavy atom. The summed E-state index contributed by atoms with van der Waals surface area (Å²) in [5, 5.41) is 9.76. The van der Waals surface area contributed by atoms with Crippen LogP contribution in [0.1, 0.15) is 23.2 Å². The van der Waals surface area contributed by atoms with Gasteiger partial charge < -0.3 is 14.8 Å². The van der Waals surface area contributed by atoms with Crippen LogP contribution in [0.3, 0.4) is 0 Å². The first-order valence-corrected chi connectivity index (χ1v) is 12.0. The van der Waals surface area contributed by atoms with Crippen LogP contribution in [0, 0.1) is 0 Å². The molecule has 2 saturated heterocycles. The average molecular weight is 467 g/mol. The van der Waals surface area contributed by atoms with Crippen molar-refractivity contribution in [3.63, 3.8) is 0 Å². The SMILES string of the molecule is CN1CC2CCC(C1)N2C(=O)c1cnc2[nH]cc(-c3ccn4ncc(-c5cnn(C)c5)c4c3)c2c1. The summed E-state index contributed by atoms with van der Waals surface area (Å²) in [4.78, 5) is 25.9. The minimum atomic E-state index is 0.0947. The Labute approximate surface area is 202 Å². The van der Waals surface area contributed by atoms with Crippen molar-refractivity contribution in [3.8, 4) is 22.3 Å². The van der Waals surface area contributed by atoms with E-state index in [0.29, 0.717) is 17.6 Å². The molecular formula is C26H26N8O. The second kappa shape index (κ2) is 7.51. The summed E-state index contributed by atoms with van der Waals surface area (Å²) in [6, 6.07) is 6.76. The molecule has 2 aliphatic heterocycles. The summed E-state index contributed by atoms with van der Waals surface area (Å²) in [6.45, 7) is 1.88. The molecule has 0 spiro atoms. The molecule has 2 atom stereocenters. The van der Waals surface area contributed by atoms with Gasteiger partial charge in [0.2, 0.25) is 0 Å². The second-order valence-electron chi connectivity index (χ2n) is 9.85. The molecule has 2 fully saturated rings. The molecule has 1 amide bonds. The van der Waals surface area contributed by atoms with Crippen LogP contribution in [0.15, 0.2) is 55.4 Å². The Balaban J connectivity index is 1.28. The molecular weight excluding hydrogens is 440 g/mol. The number of piperazine rings is 1. The van der Waals surface area contributed by atoms with E-state index in [9.17, 15) is 4.79 Å². The van der Waals surface area contributed by atoms with E-state index in [-0.39, 0.29) is 5.91 Å². The summed E-state index contributed by atoms with van der Waals surface area (Å²) in [7, 11) is 4.05. The van der Waals surface area contributed by atoms with Gasteiger partial charge in [-0.15, -0.1) is 0 Å². The molecule has 7 rings (SSSR count). The lowest BCUT2D eigenvalue weighted by molar-refractivity contribution is 0.0472. The molecule has 7 heterocycles. The molecule has 2 bridgehead atoms. The molecule has 176 valence electrons. The van der Waals surface area contributed by atoms with Gasteiger partial charge in [-0.1, -0.05) is 0 Å². The number of hydrogen-bond donors (Lipinski definition) is 1. The zero-order valence-electron chi connectivity index (χ0n) is 19.7. The maximum atomic E-state index is 13.6. The number of carbonyl (C=O) groups is 1. The number of likely N-dealkylation sites (tertiary alicyclic amines) is 1. The topological polar surface area (TPSA) is 87.3 Å². The smallest absolute Gasteiger partial charge is 0.256 e. The Morgan fingerprint density at radius 3 is 2.60 bits per heavy atom. The number of likely N-dealkylation sites (N-methyl/N-ethyl adjacent to an activating group) is 1. The highest BCUT2D eigenvalue weighted by atomic mass is 16.2. The standard InChI is InChI=1S/C26H26N8O/c1-31-14-19-3-4-20(15-31)34(19)26(35)17-7-21-22(11-28-25(21)27-9-17)16-5-6-33-24(8-16)23(12-30-33)18-10-29-32(2)13-18/h5-13,19-20H,3-4,14-15H2,1-2H3,(H,27,28). The van der Waals surface area contributed by atoms with Crippen molar-refractivity contribution in [1.29, 1.82) is 0 Å². The summed E-state index contributed by atoms with van der Waals surface area (Å²) in [5.74, 6) is 0.0947. The maximum Gasteiger partial charge on any atom is 0.256 e. The first kappa shape index (κ1) is 20.4. The Bertz CT molecular complexity index is 1580. The van der Waals surface area contributed by atoms with Crippen molar-refractivity contribution in [3.05, 3.63) is 60.9 Å². The molecule has 9 heteroatoms. The minimum absolute atomic E-state index is 0.0947. The van der Waals surface area contributed by atoms with Crippen molar-refractivity contribution >= 4 is 22.5 Å². The highest BCUT2D eigenvalue weighted by Crippen LogP contribution is 2.34. The minimum Gasteiger partial charge on any atom is -0.346 e. The van der Waals surface area contributed by atoms with Crippen LogP contribution in [0.4, 0.5) is 0 Å². The van der Waals surface area contributed by atoms with Crippen LogP contribution in [-0.4, -0.2) is 77.3 Å². The lowest BCUT2D eigenvalue weighted by atomic mass is 10.0. The fourth-order valence-electron chi connectivity index (χ4n) is 5.88. The molecule has 9 nitrogen and oxygen atoms in total. The molecule has 2 aliphatic rings. The van der Waals surface area contributed by atoms with E-state index in [2.05, 4.69) is 43.1 Å². The first-order chi connectivity index (χ1) is 17.0. The van der Waals surface area contributed by atoms with Gasteiger partial charge in [-0.05, 0) is 43.7 Å². The van der Waals surface area contributed by atoms with Gasteiger partial charge in [-0.3, -0.25) is 9.48 Å². The van der Waals surface area contributed by atoms with Crippen LogP contribution in [0.25, 0.3) is 38.8 Å². The number of amides is 1. The van der Waals surface area contributed by atoms with Crippen LogP contribution >= 0.6 is 0 Å². The van der Waals surface area contributed by atoms with E-state index in [1.807, 2.05) is 54.7 Å². The van der Waals surface area contributed by atoms with E-state index in [4.69, 9.17) is 0 Å². The van der Waals surface area contributed by atoms with Crippen molar-refractivity contribution in [1.82, 2.24) is 39.2 Å². The number of aryl methyl sites for hydroxylation is 1. The second-order valence-corrected chi connectivity index (χ2v) is 9.85. The lowest BCUT2D eigenvalue weighted by Crippen LogP contribution is -2.54. The summed E-state index contributed by atoms with van der Waals surface area (Å²) < 4.78 is 3.66. The van der Waals surface area contributed by atoms with E-state index in [0.717, 1.165) is 64.7 Å². The third kappa shape index (κ3) is 3.19. The third-order valence-electron chi connectivity index (χ3n) is 7.53. The molecule has 2 unspecified atom stereocenters. The quantitative estimate of drug-likeness (QED) is 0.441. The Kier molecular flexibility index (Phi) is 4.38. The maximum absolute atomic E-state index is 13.6. The number of aromatic amines is 1. The molecule has 0 saturated carbocycles. The van der Waals surface area contributed by atoms with E-state index < -0.39 is 0 Å². The molecule has 5 aromatic heterocycles. The molecule has 35 heavy (non-hydrogen) atoms. The number of H-pyrrole nitrogens is 1. The number of nitrogens with one attached hydrogen (secondary N) is 1. The number of carbonyl (C=O) groups excluding carboxylic acids is 1. The normalized spacial score (nSPS) is 20.3. The van der Waals surface area contributed by atoms with Gasteiger partial charge in [0.1, 0.15) is 5.65 Å². The van der Waals surface area contributed by atoms with Gasteiger partial charge >= 0.3 is 0 Å². The zero-order chi connectivity index (χ0) is 23.7. The fraction of sp³-hybridized carbons (Fsp3) is 0.308. The molecule has 0 aromatic carbocycles. The lowest BCUT2D eigenvalue weighted by Gasteiger charge is -2.39. The van der Waals surface area contributed by atoms with Crippen LogP contribution in [0.2, 0.25) is 0 Å². The average Bonchev–Trinajstić information content (AvgIpc) is 3.62. The largest absolute Gasteiger partial charge is 0.346 e. The number of nitrogens with zero attached hydrogens (tertiary/aromatic N) is 7. The predicted octanol–water partition coefficient (Wildman–Crippen LogP) is 3.20. The predicted molar refractivity (Wildman–Crippen MR) is 133 cm³/mol. The summed E-state index contributed by atoms with van der Waals surface area (Å²) in [6.07, 6.45) is 13.5. The van der Waals surface area contributed by atoms with E-state index in [1.54, 1.807) is 10.9 Å². The first-order valence-electron chi connectivity index (χ1n) is 12.0. The van der Waals surface area contributed by atoms with Crippen molar-refractivity contribution in [2.45, 2.75) is 24.9 Å². The van der Waals surface area contributed by atoms with E-state index >= 15 is 0 Å². The van der Waals surface area contributed by atoms with Crippen LogP contribution < -0.4 is 0 Å². The highest BCUT2D eigenvalue weighted by Gasteiger charge is 2.41. The number of hydrogen-bond acceptors (Lipinski definition) is 5. The number of aromatic nitrogens is 6. The fourth-order valence-corrected chi connectivity index (χ4v) is 5.88. The zero-order valence-corrected chi connectivity index (χ0v) is 19.7. The third-order valence-corrected chi connectivity index (χ3v) is 7.53.